The molecule has 4 nitrogen and oxygen atoms in total. The largest absolute Gasteiger partial charge is 0.438 e. The number of aromatic nitrogens is 3. The molecule has 30 heavy (non-hydrogen) atoms. The summed E-state index contributed by atoms with van der Waals surface area (Å²) in [6.45, 7) is 4.17. The van der Waals surface area contributed by atoms with Crippen LogP contribution in [0.25, 0.3) is 32.7 Å². The number of benzene rings is 2. The summed E-state index contributed by atoms with van der Waals surface area (Å²) in [4.78, 5) is 14.7. The van der Waals surface area contributed by atoms with E-state index in [0.717, 1.165) is 32.7 Å². The van der Waals surface area contributed by atoms with Crippen molar-refractivity contribution in [3.63, 3.8) is 0 Å². The molecule has 146 valence electrons. The molecule has 5 heteroatoms. The van der Waals surface area contributed by atoms with Gasteiger partial charge in [0.05, 0.1) is 5.39 Å². The van der Waals surface area contributed by atoms with Crippen LogP contribution in [0.5, 0.6) is 11.6 Å². The van der Waals surface area contributed by atoms with Gasteiger partial charge in [-0.05, 0) is 54.8 Å². The number of hydrogen-bond donors (Lipinski definition) is 0. The molecule has 2 aromatic carbocycles. The van der Waals surface area contributed by atoms with Crippen molar-refractivity contribution in [3.8, 4) is 34.1 Å². The standard InChI is InChI=1S/C25H19N3OS/c1-16-10-11-20(13-17(16)2)29-24-22-21(18-7-4-3-5-8-18)15-30-25(22)28-23(27-24)19-9-6-12-26-14-19/h3-15H,1-2H3. The van der Waals surface area contributed by atoms with Crippen molar-refractivity contribution < 1.29 is 4.74 Å². The highest BCUT2D eigenvalue weighted by atomic mass is 32.1. The summed E-state index contributed by atoms with van der Waals surface area (Å²) in [6.07, 6.45) is 3.51. The fourth-order valence-corrected chi connectivity index (χ4v) is 4.26. The smallest absolute Gasteiger partial charge is 0.232 e. The Morgan fingerprint density at radius 2 is 1.67 bits per heavy atom. The zero-order valence-electron chi connectivity index (χ0n) is 16.7. The van der Waals surface area contributed by atoms with Crippen molar-refractivity contribution in [1.82, 2.24) is 15.0 Å². The normalized spacial score (nSPS) is 11.0. The van der Waals surface area contributed by atoms with Gasteiger partial charge in [-0.15, -0.1) is 11.3 Å². The average molecular weight is 410 g/mol. The maximum absolute atomic E-state index is 6.35. The third-order valence-corrected chi connectivity index (χ3v) is 5.97. The van der Waals surface area contributed by atoms with Crippen molar-refractivity contribution in [2.75, 3.05) is 0 Å². The summed E-state index contributed by atoms with van der Waals surface area (Å²) in [7, 11) is 0. The van der Waals surface area contributed by atoms with Crippen molar-refractivity contribution in [1.29, 1.82) is 0 Å². The van der Waals surface area contributed by atoms with Crippen LogP contribution in [0.4, 0.5) is 0 Å². The highest BCUT2D eigenvalue weighted by molar-refractivity contribution is 7.17. The SMILES string of the molecule is Cc1ccc(Oc2nc(-c3cccnc3)nc3scc(-c4ccccc4)c23)cc1C. The number of pyridine rings is 1. The van der Waals surface area contributed by atoms with Gasteiger partial charge >= 0.3 is 0 Å². The lowest BCUT2D eigenvalue weighted by atomic mass is 10.1. The first kappa shape index (κ1) is 18.5. The van der Waals surface area contributed by atoms with Gasteiger partial charge in [-0.3, -0.25) is 4.98 Å². The van der Waals surface area contributed by atoms with E-state index in [1.165, 1.54) is 11.1 Å². The molecule has 3 heterocycles. The van der Waals surface area contributed by atoms with Crippen LogP contribution in [0, 0.1) is 13.8 Å². The third-order valence-electron chi connectivity index (χ3n) is 5.10. The second-order valence-corrected chi connectivity index (χ2v) is 8.00. The molecule has 0 unspecified atom stereocenters. The van der Waals surface area contributed by atoms with E-state index in [4.69, 9.17) is 14.7 Å². The Labute approximate surface area is 178 Å². The average Bonchev–Trinajstić information content (AvgIpc) is 3.22. The summed E-state index contributed by atoms with van der Waals surface area (Å²) >= 11 is 1.60. The lowest BCUT2D eigenvalue weighted by Gasteiger charge is -2.11. The van der Waals surface area contributed by atoms with Crippen molar-refractivity contribution >= 4 is 21.6 Å². The van der Waals surface area contributed by atoms with E-state index in [0.29, 0.717) is 11.7 Å². The predicted molar refractivity (Wildman–Crippen MR) is 122 cm³/mol. The van der Waals surface area contributed by atoms with Crippen LogP contribution in [0.1, 0.15) is 11.1 Å². The van der Waals surface area contributed by atoms with Gasteiger partial charge in [0.25, 0.3) is 0 Å². The molecule has 0 radical (unpaired) electrons. The first-order valence-corrected chi connectivity index (χ1v) is 10.6. The Balaban J connectivity index is 1.71. The second-order valence-electron chi connectivity index (χ2n) is 7.14. The third kappa shape index (κ3) is 3.44. The van der Waals surface area contributed by atoms with Crippen molar-refractivity contribution in [2.45, 2.75) is 13.8 Å². The number of hydrogen-bond acceptors (Lipinski definition) is 5. The highest BCUT2D eigenvalue weighted by Crippen LogP contribution is 2.40. The van der Waals surface area contributed by atoms with Crippen LogP contribution in [-0.4, -0.2) is 15.0 Å². The van der Waals surface area contributed by atoms with Crippen LogP contribution < -0.4 is 4.74 Å². The minimum atomic E-state index is 0.558. The number of thiophene rings is 1. The predicted octanol–water partition coefficient (Wildman–Crippen LogP) is 6.83. The maximum Gasteiger partial charge on any atom is 0.232 e. The summed E-state index contributed by atoms with van der Waals surface area (Å²) in [6, 6.07) is 20.2. The Bertz CT molecular complexity index is 1330. The van der Waals surface area contributed by atoms with E-state index in [-0.39, 0.29) is 0 Å². The molecule has 0 saturated heterocycles. The number of ether oxygens (including phenoxy) is 1. The minimum Gasteiger partial charge on any atom is -0.438 e. The Morgan fingerprint density at radius 1 is 0.833 bits per heavy atom. The van der Waals surface area contributed by atoms with Gasteiger partial charge in [-0.1, -0.05) is 36.4 Å². The van der Waals surface area contributed by atoms with Gasteiger partial charge in [0.2, 0.25) is 5.88 Å². The van der Waals surface area contributed by atoms with Gasteiger partial charge in [0.15, 0.2) is 5.82 Å². The van der Waals surface area contributed by atoms with E-state index in [1.807, 2.05) is 42.5 Å². The molecule has 5 aromatic rings. The van der Waals surface area contributed by atoms with E-state index < -0.39 is 0 Å². The van der Waals surface area contributed by atoms with Crippen molar-refractivity contribution in [3.05, 3.63) is 89.6 Å². The van der Waals surface area contributed by atoms with Crippen molar-refractivity contribution in [2.24, 2.45) is 0 Å². The first-order valence-electron chi connectivity index (χ1n) is 9.69. The molecular formula is C25H19N3OS. The maximum atomic E-state index is 6.35. The highest BCUT2D eigenvalue weighted by Gasteiger charge is 2.18. The quantitative estimate of drug-likeness (QED) is 0.326. The molecule has 0 aliphatic rings. The zero-order chi connectivity index (χ0) is 20.5. The fraction of sp³-hybridized carbons (Fsp3) is 0.0800. The van der Waals surface area contributed by atoms with E-state index in [9.17, 15) is 0 Å². The molecule has 0 N–H and O–H groups in total. The van der Waals surface area contributed by atoms with Crippen LogP contribution in [0.3, 0.4) is 0 Å². The van der Waals surface area contributed by atoms with E-state index in [1.54, 1.807) is 23.7 Å². The zero-order valence-corrected chi connectivity index (χ0v) is 17.5. The Hall–Kier alpha value is -3.57. The van der Waals surface area contributed by atoms with E-state index in [2.05, 4.69) is 42.4 Å². The van der Waals surface area contributed by atoms with Gasteiger partial charge < -0.3 is 4.74 Å². The van der Waals surface area contributed by atoms with Crippen LogP contribution in [0.2, 0.25) is 0 Å². The summed E-state index contributed by atoms with van der Waals surface area (Å²) in [5.74, 6) is 1.93. The topological polar surface area (TPSA) is 47.9 Å². The van der Waals surface area contributed by atoms with Gasteiger partial charge in [0.1, 0.15) is 10.6 Å². The molecule has 0 saturated carbocycles. The number of rotatable bonds is 4. The Morgan fingerprint density at radius 3 is 2.43 bits per heavy atom. The Kier molecular flexibility index (Phi) is 4.73. The second kappa shape index (κ2) is 7.69. The summed E-state index contributed by atoms with van der Waals surface area (Å²) in [5, 5.41) is 3.05. The van der Waals surface area contributed by atoms with Gasteiger partial charge in [-0.2, -0.15) is 4.98 Å². The van der Waals surface area contributed by atoms with Crippen LogP contribution in [-0.2, 0) is 0 Å². The molecule has 3 aromatic heterocycles. The number of aryl methyl sites for hydroxylation is 2. The molecular weight excluding hydrogens is 390 g/mol. The molecule has 0 bridgehead atoms. The molecule has 0 fully saturated rings. The fourth-order valence-electron chi connectivity index (χ4n) is 3.33. The molecule has 0 amide bonds. The molecule has 0 aliphatic heterocycles. The lowest BCUT2D eigenvalue weighted by Crippen LogP contribution is -1.96. The summed E-state index contributed by atoms with van der Waals surface area (Å²) in [5.41, 5.74) is 5.46. The molecule has 5 rings (SSSR count). The minimum absolute atomic E-state index is 0.558. The first-order chi connectivity index (χ1) is 14.7. The van der Waals surface area contributed by atoms with Gasteiger partial charge in [-0.25, -0.2) is 4.98 Å². The molecule has 0 aliphatic carbocycles. The van der Waals surface area contributed by atoms with Gasteiger partial charge in [0, 0.05) is 28.9 Å². The van der Waals surface area contributed by atoms with E-state index >= 15 is 0 Å². The summed E-state index contributed by atoms with van der Waals surface area (Å²) < 4.78 is 6.35. The number of fused-ring (bicyclic) bond motifs is 1. The van der Waals surface area contributed by atoms with Crippen LogP contribution in [0.15, 0.2) is 78.4 Å². The number of nitrogens with zero attached hydrogens (tertiary/aromatic N) is 3. The monoisotopic (exact) mass is 409 g/mol. The molecule has 0 atom stereocenters. The molecule has 0 spiro atoms. The lowest BCUT2D eigenvalue weighted by molar-refractivity contribution is 0.468. The van der Waals surface area contributed by atoms with Crippen LogP contribution >= 0.6 is 11.3 Å².